The zero-order chi connectivity index (χ0) is 24.6. The maximum atomic E-state index is 14.9. The van der Waals surface area contributed by atoms with E-state index in [4.69, 9.17) is 4.74 Å². The van der Waals surface area contributed by atoms with E-state index in [0.29, 0.717) is 29.5 Å². The maximum Gasteiger partial charge on any atom is 0.194 e. The smallest absolute Gasteiger partial charge is 0.194 e. The van der Waals surface area contributed by atoms with Crippen LogP contribution < -0.4 is 0 Å². The van der Waals surface area contributed by atoms with E-state index in [2.05, 4.69) is 24.6 Å². The molecule has 2 aromatic carbocycles. The number of para-hydroxylation sites is 1. The van der Waals surface area contributed by atoms with Crippen molar-refractivity contribution in [3.63, 3.8) is 0 Å². The van der Waals surface area contributed by atoms with Crippen LogP contribution in [0.1, 0.15) is 43.4 Å². The molecule has 0 spiro atoms. The molecule has 3 aliphatic heterocycles. The number of halogens is 3. The fourth-order valence-corrected chi connectivity index (χ4v) is 6.62. The van der Waals surface area contributed by atoms with Gasteiger partial charge < -0.3 is 9.22 Å². The molecule has 2 bridgehead atoms. The number of quaternary nitrogens is 1. The summed E-state index contributed by atoms with van der Waals surface area (Å²) in [6.45, 7) is 8.50. The number of rotatable bonds is 8. The van der Waals surface area contributed by atoms with Crippen LogP contribution in [0.5, 0.6) is 0 Å². The summed E-state index contributed by atoms with van der Waals surface area (Å²) in [6.07, 6.45) is 6.35. The highest BCUT2D eigenvalue weighted by atomic mass is 19.2. The van der Waals surface area contributed by atoms with Crippen molar-refractivity contribution in [2.24, 2.45) is 11.8 Å². The predicted octanol–water partition coefficient (Wildman–Crippen LogP) is 6.73. The summed E-state index contributed by atoms with van der Waals surface area (Å²) in [5, 5.41) is 1.04. The number of piperidine rings is 3. The predicted molar refractivity (Wildman–Crippen MR) is 131 cm³/mol. The van der Waals surface area contributed by atoms with Crippen molar-refractivity contribution in [3.05, 3.63) is 89.9 Å². The number of fused-ring (bicyclic) bond motifs is 4. The van der Waals surface area contributed by atoms with Crippen molar-refractivity contribution in [3.8, 4) is 0 Å². The lowest BCUT2D eigenvalue weighted by molar-refractivity contribution is -0.986. The zero-order valence-electron chi connectivity index (χ0n) is 20.1. The van der Waals surface area contributed by atoms with Crippen LogP contribution in [0.3, 0.4) is 0 Å². The molecule has 0 amide bonds. The van der Waals surface area contributed by atoms with Gasteiger partial charge in [-0.15, -0.1) is 6.58 Å². The highest BCUT2D eigenvalue weighted by Gasteiger charge is 2.55. The first-order valence-electron chi connectivity index (χ1n) is 12.5. The van der Waals surface area contributed by atoms with Crippen molar-refractivity contribution in [1.82, 2.24) is 4.98 Å². The standard InChI is InChI=1S/C29H32F3N2O/c1-3-15-35-29(23-11-13-33-25-8-6-5-7-22(23)25)26-16-20-12-14-34(26,17-19(20)4-2)18-21-9-10-24(30)28(32)27(21)31/h3,5-11,13,19-20,26,29H,1,4,12,14-18H2,2H3/q+1/t19-,20-,26+,29-,34+/m1/s1. The molecule has 3 aromatic rings. The molecule has 35 heavy (non-hydrogen) atoms. The lowest BCUT2D eigenvalue weighted by Crippen LogP contribution is -2.68. The number of hydrogen-bond donors (Lipinski definition) is 0. The van der Waals surface area contributed by atoms with Gasteiger partial charge in [0.15, 0.2) is 17.5 Å². The first-order chi connectivity index (χ1) is 17.0. The van der Waals surface area contributed by atoms with Crippen molar-refractivity contribution in [2.45, 2.75) is 44.9 Å². The Morgan fingerprint density at radius 2 is 1.97 bits per heavy atom. The molecule has 0 radical (unpaired) electrons. The summed E-state index contributed by atoms with van der Waals surface area (Å²) in [5.41, 5.74) is 2.19. The third-order valence-corrected chi connectivity index (χ3v) is 8.31. The van der Waals surface area contributed by atoms with E-state index < -0.39 is 17.5 Å². The fourth-order valence-electron chi connectivity index (χ4n) is 6.62. The number of benzene rings is 2. The van der Waals surface area contributed by atoms with Gasteiger partial charge in [-0.1, -0.05) is 31.2 Å². The first kappa shape index (κ1) is 24.0. The molecule has 0 saturated carbocycles. The van der Waals surface area contributed by atoms with Crippen LogP contribution >= 0.6 is 0 Å². The van der Waals surface area contributed by atoms with Gasteiger partial charge in [-0.25, -0.2) is 13.2 Å². The van der Waals surface area contributed by atoms with Gasteiger partial charge in [0.25, 0.3) is 0 Å². The number of aromatic nitrogens is 1. The number of nitrogens with zero attached hydrogens (tertiary/aromatic N) is 2. The number of hydrogen-bond acceptors (Lipinski definition) is 2. The Hall–Kier alpha value is -2.70. The van der Waals surface area contributed by atoms with Crippen LogP contribution in [0.15, 0.2) is 61.3 Å². The second-order valence-electron chi connectivity index (χ2n) is 10.1. The molecule has 3 saturated heterocycles. The van der Waals surface area contributed by atoms with Gasteiger partial charge in [-0.05, 0) is 42.2 Å². The van der Waals surface area contributed by atoms with E-state index >= 15 is 0 Å². The molecule has 1 aromatic heterocycles. The first-order valence-corrected chi connectivity index (χ1v) is 12.5. The minimum Gasteiger partial charge on any atom is -0.363 e. The monoisotopic (exact) mass is 481 g/mol. The van der Waals surface area contributed by atoms with Crippen LogP contribution in [0.2, 0.25) is 0 Å². The lowest BCUT2D eigenvalue weighted by Gasteiger charge is -2.59. The second kappa shape index (κ2) is 9.75. The quantitative estimate of drug-likeness (QED) is 0.202. The summed E-state index contributed by atoms with van der Waals surface area (Å²) < 4.78 is 49.9. The van der Waals surface area contributed by atoms with Crippen molar-refractivity contribution in [2.75, 3.05) is 19.7 Å². The normalized spacial score (nSPS) is 26.7. The summed E-state index contributed by atoms with van der Waals surface area (Å²) in [5.74, 6) is -2.53. The third-order valence-electron chi connectivity index (χ3n) is 8.31. The van der Waals surface area contributed by atoms with E-state index in [1.165, 1.54) is 6.07 Å². The van der Waals surface area contributed by atoms with E-state index in [1.54, 1.807) is 6.08 Å². The average molecular weight is 482 g/mol. The second-order valence-corrected chi connectivity index (χ2v) is 10.1. The van der Waals surface area contributed by atoms with Gasteiger partial charge in [0.1, 0.15) is 18.7 Å². The highest BCUT2D eigenvalue weighted by Crippen LogP contribution is 2.49. The van der Waals surface area contributed by atoms with Crippen molar-refractivity contribution in [1.29, 1.82) is 0 Å². The Morgan fingerprint density at radius 3 is 2.77 bits per heavy atom. The molecule has 0 unspecified atom stereocenters. The molecule has 6 rings (SSSR count). The Bertz CT molecular complexity index is 1230. The average Bonchev–Trinajstić information content (AvgIpc) is 2.89. The number of pyridine rings is 1. The molecular formula is C29H32F3N2O+. The Labute approximate surface area is 204 Å². The summed E-state index contributed by atoms with van der Waals surface area (Å²) in [4.78, 5) is 4.53. The van der Waals surface area contributed by atoms with Gasteiger partial charge >= 0.3 is 0 Å². The van der Waals surface area contributed by atoms with E-state index in [9.17, 15) is 13.2 Å². The summed E-state index contributed by atoms with van der Waals surface area (Å²) in [6, 6.07) is 12.5. The van der Waals surface area contributed by atoms with Crippen LogP contribution in [-0.2, 0) is 11.3 Å². The largest absolute Gasteiger partial charge is 0.363 e. The van der Waals surface area contributed by atoms with E-state index in [1.807, 2.05) is 30.5 Å². The minimum absolute atomic E-state index is 0.0508. The Balaban J connectivity index is 1.61. The van der Waals surface area contributed by atoms with Gasteiger partial charge in [-0.2, -0.15) is 0 Å². The molecule has 184 valence electrons. The molecule has 0 aliphatic carbocycles. The Morgan fingerprint density at radius 1 is 1.14 bits per heavy atom. The third kappa shape index (κ3) is 4.27. The van der Waals surface area contributed by atoms with Crippen LogP contribution in [-0.4, -0.2) is 35.2 Å². The lowest BCUT2D eigenvalue weighted by atomic mass is 9.70. The minimum atomic E-state index is -1.39. The van der Waals surface area contributed by atoms with E-state index in [-0.39, 0.29) is 17.7 Å². The van der Waals surface area contributed by atoms with Gasteiger partial charge in [0.2, 0.25) is 0 Å². The molecule has 3 nitrogen and oxygen atoms in total. The number of ether oxygens (including phenoxy) is 1. The topological polar surface area (TPSA) is 22.1 Å². The maximum absolute atomic E-state index is 14.9. The summed E-state index contributed by atoms with van der Waals surface area (Å²) >= 11 is 0. The molecule has 4 heterocycles. The SMILES string of the molecule is C=CCO[C@H](c1ccnc2ccccc12)[C@@H]1C[C@H]2CC[N@@+]1(Cc1ccc(F)c(F)c1F)C[C@H]2CC. The highest BCUT2D eigenvalue weighted by molar-refractivity contribution is 5.82. The molecule has 3 fully saturated rings. The van der Waals surface area contributed by atoms with Crippen LogP contribution in [0.25, 0.3) is 10.9 Å². The molecule has 3 aliphatic rings. The van der Waals surface area contributed by atoms with E-state index in [0.717, 1.165) is 54.9 Å². The molecule has 5 atom stereocenters. The molecule has 6 heteroatoms. The van der Waals surface area contributed by atoms with Crippen molar-refractivity contribution < 1.29 is 22.4 Å². The zero-order valence-corrected chi connectivity index (χ0v) is 20.1. The van der Waals surface area contributed by atoms with Crippen molar-refractivity contribution >= 4 is 10.9 Å². The Kier molecular flexibility index (Phi) is 6.69. The van der Waals surface area contributed by atoms with Gasteiger partial charge in [-0.3, -0.25) is 4.98 Å². The van der Waals surface area contributed by atoms with Gasteiger partial charge in [0.05, 0.1) is 25.2 Å². The fraction of sp³-hybridized carbons (Fsp3) is 0.414. The van der Waals surface area contributed by atoms with Crippen LogP contribution in [0.4, 0.5) is 13.2 Å². The molecule has 0 N–H and O–H groups in total. The molecular weight excluding hydrogens is 449 g/mol. The summed E-state index contributed by atoms with van der Waals surface area (Å²) in [7, 11) is 0. The van der Waals surface area contributed by atoms with Crippen LogP contribution in [0, 0.1) is 29.3 Å². The van der Waals surface area contributed by atoms with Gasteiger partial charge in [0, 0.05) is 35.9 Å².